The predicted molar refractivity (Wildman–Crippen MR) is 95.0 cm³/mol. The highest BCUT2D eigenvalue weighted by Crippen LogP contribution is 2.36. The second kappa shape index (κ2) is 7.15. The van der Waals surface area contributed by atoms with Crippen LogP contribution in [0.5, 0.6) is 0 Å². The minimum absolute atomic E-state index is 0. The van der Waals surface area contributed by atoms with Crippen molar-refractivity contribution in [2.75, 3.05) is 33.2 Å². The largest absolute Gasteiger partial charge is 0.356 e. The fourth-order valence-corrected chi connectivity index (χ4v) is 3.69. The number of piperidine rings is 1. The standard InChI is InChI=1S/C15H26N4O.HI/c1-16-14(17-9-12-4-2-5-12)19-7-3-6-15(11-19)8-13(20)18-10-15;/h12H,2-11H2,1H3,(H,16,17)(H,18,20);1H. The van der Waals surface area contributed by atoms with Gasteiger partial charge in [0.15, 0.2) is 5.96 Å². The first-order valence-corrected chi connectivity index (χ1v) is 7.93. The van der Waals surface area contributed by atoms with Gasteiger partial charge >= 0.3 is 0 Å². The Labute approximate surface area is 144 Å². The molecule has 1 spiro atoms. The van der Waals surface area contributed by atoms with E-state index in [-0.39, 0.29) is 35.3 Å². The van der Waals surface area contributed by atoms with Crippen molar-refractivity contribution in [2.24, 2.45) is 16.3 Å². The fourth-order valence-electron chi connectivity index (χ4n) is 3.69. The van der Waals surface area contributed by atoms with Crippen LogP contribution < -0.4 is 10.6 Å². The van der Waals surface area contributed by atoms with Crippen molar-refractivity contribution in [1.29, 1.82) is 0 Å². The van der Waals surface area contributed by atoms with E-state index in [9.17, 15) is 4.79 Å². The summed E-state index contributed by atoms with van der Waals surface area (Å²) in [6.45, 7) is 3.89. The number of halogens is 1. The summed E-state index contributed by atoms with van der Waals surface area (Å²) >= 11 is 0. The molecule has 2 N–H and O–H groups in total. The molecule has 0 aromatic rings. The average molecular weight is 406 g/mol. The van der Waals surface area contributed by atoms with E-state index in [1.54, 1.807) is 0 Å². The molecule has 1 aliphatic carbocycles. The van der Waals surface area contributed by atoms with Gasteiger partial charge in [-0.1, -0.05) is 6.42 Å². The average Bonchev–Trinajstić information content (AvgIpc) is 2.73. The zero-order valence-corrected chi connectivity index (χ0v) is 15.2. The van der Waals surface area contributed by atoms with E-state index in [4.69, 9.17) is 0 Å². The maximum Gasteiger partial charge on any atom is 0.220 e. The molecule has 3 fully saturated rings. The van der Waals surface area contributed by atoms with Crippen LogP contribution >= 0.6 is 24.0 Å². The van der Waals surface area contributed by atoms with Crippen molar-refractivity contribution in [3.8, 4) is 0 Å². The van der Waals surface area contributed by atoms with E-state index in [1.807, 2.05) is 7.05 Å². The quantitative estimate of drug-likeness (QED) is 0.416. The molecule has 1 unspecified atom stereocenters. The van der Waals surface area contributed by atoms with Crippen LogP contribution in [-0.2, 0) is 4.79 Å². The normalized spacial score (nSPS) is 29.9. The number of guanidine groups is 1. The molecule has 0 aromatic heterocycles. The van der Waals surface area contributed by atoms with Gasteiger partial charge in [-0.25, -0.2) is 0 Å². The number of nitrogens with one attached hydrogen (secondary N) is 2. The highest BCUT2D eigenvalue weighted by atomic mass is 127. The lowest BCUT2D eigenvalue weighted by Crippen LogP contribution is -2.52. The van der Waals surface area contributed by atoms with Crippen LogP contribution in [0.25, 0.3) is 0 Å². The van der Waals surface area contributed by atoms with Gasteiger partial charge in [0.1, 0.15) is 0 Å². The first-order chi connectivity index (χ1) is 9.71. The second-order valence-electron chi connectivity index (χ2n) is 6.70. The number of aliphatic imine (C=N–C) groups is 1. The molecule has 0 bridgehead atoms. The molecule has 3 aliphatic rings. The summed E-state index contributed by atoms with van der Waals surface area (Å²) in [5, 5.41) is 6.53. The van der Waals surface area contributed by atoms with Gasteiger partial charge in [-0.15, -0.1) is 24.0 Å². The van der Waals surface area contributed by atoms with Crippen LogP contribution in [0.3, 0.4) is 0 Å². The van der Waals surface area contributed by atoms with Crippen LogP contribution in [0.15, 0.2) is 4.99 Å². The Morgan fingerprint density at radius 1 is 1.48 bits per heavy atom. The van der Waals surface area contributed by atoms with Crippen molar-refractivity contribution in [1.82, 2.24) is 15.5 Å². The van der Waals surface area contributed by atoms with Gasteiger partial charge in [0.2, 0.25) is 5.91 Å². The van der Waals surface area contributed by atoms with Crippen molar-refractivity contribution in [2.45, 2.75) is 38.5 Å². The Hall–Kier alpha value is -0.530. The number of hydrogen-bond acceptors (Lipinski definition) is 2. The van der Waals surface area contributed by atoms with E-state index in [0.717, 1.165) is 50.9 Å². The molecular weight excluding hydrogens is 379 g/mol. The van der Waals surface area contributed by atoms with Crippen LogP contribution in [0.1, 0.15) is 38.5 Å². The van der Waals surface area contributed by atoms with Crippen LogP contribution in [0, 0.1) is 11.3 Å². The lowest BCUT2D eigenvalue weighted by molar-refractivity contribution is -0.119. The Morgan fingerprint density at radius 2 is 2.29 bits per heavy atom. The molecule has 0 radical (unpaired) electrons. The molecule has 2 saturated heterocycles. The highest BCUT2D eigenvalue weighted by molar-refractivity contribution is 14.0. The van der Waals surface area contributed by atoms with Gasteiger partial charge in [-0.3, -0.25) is 9.79 Å². The number of rotatable bonds is 2. The topological polar surface area (TPSA) is 56.7 Å². The molecule has 6 heteroatoms. The molecule has 1 amide bonds. The smallest absolute Gasteiger partial charge is 0.220 e. The summed E-state index contributed by atoms with van der Waals surface area (Å²) in [4.78, 5) is 18.3. The molecule has 0 aromatic carbocycles. The molecule has 3 rings (SSSR count). The third-order valence-corrected chi connectivity index (χ3v) is 5.14. The minimum Gasteiger partial charge on any atom is -0.356 e. The molecule has 5 nitrogen and oxygen atoms in total. The number of likely N-dealkylation sites (tertiary alicyclic amines) is 1. The fraction of sp³-hybridized carbons (Fsp3) is 0.867. The summed E-state index contributed by atoms with van der Waals surface area (Å²) in [7, 11) is 1.86. The molecule has 1 saturated carbocycles. The minimum atomic E-state index is 0. The van der Waals surface area contributed by atoms with E-state index < -0.39 is 0 Å². The van der Waals surface area contributed by atoms with Crippen LogP contribution in [0.4, 0.5) is 0 Å². The third kappa shape index (κ3) is 3.81. The second-order valence-corrected chi connectivity index (χ2v) is 6.70. The van der Waals surface area contributed by atoms with E-state index >= 15 is 0 Å². The predicted octanol–water partition coefficient (Wildman–Crippen LogP) is 1.58. The van der Waals surface area contributed by atoms with Crippen LogP contribution in [-0.4, -0.2) is 50.0 Å². The molecular formula is C15H27IN4O. The maximum absolute atomic E-state index is 11.5. The summed E-state index contributed by atoms with van der Waals surface area (Å²) in [5.74, 6) is 2.07. The monoisotopic (exact) mass is 406 g/mol. The number of carbonyl (C=O) groups is 1. The van der Waals surface area contributed by atoms with Gasteiger partial charge in [-0.05, 0) is 31.6 Å². The molecule has 2 heterocycles. The zero-order valence-electron chi connectivity index (χ0n) is 12.9. The van der Waals surface area contributed by atoms with Crippen molar-refractivity contribution in [3.63, 3.8) is 0 Å². The number of hydrogen-bond donors (Lipinski definition) is 2. The van der Waals surface area contributed by atoms with Gasteiger partial charge in [0, 0.05) is 45.1 Å². The zero-order chi connectivity index (χ0) is 14.0. The Kier molecular flexibility index (Phi) is 5.73. The summed E-state index contributed by atoms with van der Waals surface area (Å²) in [6, 6.07) is 0. The molecule has 2 aliphatic heterocycles. The van der Waals surface area contributed by atoms with Crippen molar-refractivity contribution < 1.29 is 4.79 Å². The summed E-state index contributed by atoms with van der Waals surface area (Å²) in [5.41, 5.74) is 0.142. The van der Waals surface area contributed by atoms with Gasteiger partial charge < -0.3 is 15.5 Å². The Bertz CT molecular complexity index is 410. The maximum atomic E-state index is 11.5. The molecule has 21 heavy (non-hydrogen) atoms. The summed E-state index contributed by atoms with van der Waals surface area (Å²) in [6.07, 6.45) is 7.08. The van der Waals surface area contributed by atoms with Crippen LogP contribution in [0.2, 0.25) is 0 Å². The lowest BCUT2D eigenvalue weighted by atomic mass is 9.79. The lowest BCUT2D eigenvalue weighted by Gasteiger charge is -2.41. The molecule has 120 valence electrons. The van der Waals surface area contributed by atoms with Gasteiger partial charge in [0.25, 0.3) is 0 Å². The van der Waals surface area contributed by atoms with Gasteiger partial charge in [-0.2, -0.15) is 0 Å². The number of carbonyl (C=O) groups excluding carboxylic acids is 1. The SMILES string of the molecule is CN=C(NCC1CCC1)N1CCCC2(CNC(=O)C2)C1.I. The van der Waals surface area contributed by atoms with Crippen molar-refractivity contribution in [3.05, 3.63) is 0 Å². The Morgan fingerprint density at radius 3 is 2.86 bits per heavy atom. The number of nitrogens with zero attached hydrogens (tertiary/aromatic N) is 2. The van der Waals surface area contributed by atoms with E-state index in [2.05, 4.69) is 20.5 Å². The van der Waals surface area contributed by atoms with E-state index in [1.165, 1.54) is 19.3 Å². The third-order valence-electron chi connectivity index (χ3n) is 5.14. The van der Waals surface area contributed by atoms with Crippen molar-refractivity contribution >= 4 is 35.8 Å². The van der Waals surface area contributed by atoms with E-state index in [0.29, 0.717) is 6.42 Å². The first kappa shape index (κ1) is 16.8. The number of amides is 1. The summed E-state index contributed by atoms with van der Waals surface area (Å²) < 4.78 is 0. The molecule has 1 atom stereocenters. The highest BCUT2D eigenvalue weighted by Gasteiger charge is 2.42. The Balaban J connectivity index is 0.00000161. The first-order valence-electron chi connectivity index (χ1n) is 7.93. The van der Waals surface area contributed by atoms with Gasteiger partial charge in [0.05, 0.1) is 0 Å².